The van der Waals surface area contributed by atoms with Gasteiger partial charge in [0.1, 0.15) is 11.2 Å². The second kappa shape index (κ2) is 7.54. The van der Waals surface area contributed by atoms with Crippen LogP contribution in [-0.4, -0.2) is 11.8 Å². The second-order valence-corrected chi connectivity index (χ2v) is 7.57. The lowest BCUT2D eigenvalue weighted by Gasteiger charge is -2.17. The molecule has 0 fully saturated rings. The van der Waals surface area contributed by atoms with Crippen LogP contribution in [0, 0.1) is 13.8 Å². The summed E-state index contributed by atoms with van der Waals surface area (Å²) in [5, 5.41) is 1.82. The zero-order chi connectivity index (χ0) is 21.6. The third-order valence-electron chi connectivity index (χ3n) is 6.26. The van der Waals surface area contributed by atoms with Gasteiger partial charge in [0.2, 0.25) is 0 Å². The molecule has 5 heteroatoms. The van der Waals surface area contributed by atoms with Crippen LogP contribution in [0.3, 0.4) is 0 Å². The van der Waals surface area contributed by atoms with E-state index in [1.165, 1.54) is 0 Å². The number of carbonyl (C=O) groups is 2. The lowest BCUT2D eigenvalue weighted by molar-refractivity contribution is 0.0993. The SMILES string of the molecule is CCc1c(C)c(C(N)=O)c2oc3c(C(N)=O)c(C)c(CC)c(CC)c3c2c1CC. The molecule has 0 radical (unpaired) electrons. The number of furan rings is 1. The molecule has 0 bridgehead atoms. The Morgan fingerprint density at radius 2 is 0.966 bits per heavy atom. The maximum atomic E-state index is 12.4. The van der Waals surface area contributed by atoms with Gasteiger partial charge in [-0.3, -0.25) is 9.59 Å². The van der Waals surface area contributed by atoms with Gasteiger partial charge in [0, 0.05) is 10.8 Å². The summed E-state index contributed by atoms with van der Waals surface area (Å²) in [6.07, 6.45) is 3.15. The molecular weight excluding hydrogens is 364 g/mol. The molecule has 3 rings (SSSR count). The summed E-state index contributed by atoms with van der Waals surface area (Å²) < 4.78 is 6.28. The maximum absolute atomic E-state index is 12.4. The average molecular weight is 395 g/mol. The molecule has 0 atom stereocenters. The molecule has 154 valence electrons. The van der Waals surface area contributed by atoms with Crippen molar-refractivity contribution in [1.29, 1.82) is 0 Å². The monoisotopic (exact) mass is 394 g/mol. The zero-order valence-corrected chi connectivity index (χ0v) is 18.2. The van der Waals surface area contributed by atoms with E-state index in [0.29, 0.717) is 22.3 Å². The topological polar surface area (TPSA) is 99.3 Å². The van der Waals surface area contributed by atoms with E-state index in [4.69, 9.17) is 15.9 Å². The number of hydrogen-bond acceptors (Lipinski definition) is 3. The van der Waals surface area contributed by atoms with Crippen LogP contribution in [0.4, 0.5) is 0 Å². The van der Waals surface area contributed by atoms with Crippen LogP contribution in [-0.2, 0) is 25.7 Å². The molecule has 0 aliphatic heterocycles. The number of carbonyl (C=O) groups excluding carboxylic acids is 2. The minimum atomic E-state index is -0.519. The molecule has 0 aliphatic carbocycles. The van der Waals surface area contributed by atoms with Gasteiger partial charge >= 0.3 is 0 Å². The second-order valence-electron chi connectivity index (χ2n) is 7.57. The largest absolute Gasteiger partial charge is 0.454 e. The number of primary amides is 2. The van der Waals surface area contributed by atoms with Crippen LogP contribution in [0.1, 0.15) is 81.8 Å². The Balaban J connectivity index is 2.80. The fraction of sp³-hybridized carbons (Fsp3) is 0.417. The first-order chi connectivity index (χ1) is 13.7. The van der Waals surface area contributed by atoms with E-state index in [2.05, 4.69) is 27.7 Å². The van der Waals surface area contributed by atoms with Crippen molar-refractivity contribution in [2.45, 2.75) is 67.2 Å². The third-order valence-corrected chi connectivity index (χ3v) is 6.26. The molecule has 1 heterocycles. The Hall–Kier alpha value is -2.82. The van der Waals surface area contributed by atoms with E-state index in [-0.39, 0.29) is 0 Å². The van der Waals surface area contributed by atoms with Gasteiger partial charge in [-0.05, 0) is 72.9 Å². The number of fused-ring (bicyclic) bond motifs is 3. The molecule has 4 N–H and O–H groups in total. The van der Waals surface area contributed by atoms with Gasteiger partial charge in [-0.2, -0.15) is 0 Å². The van der Waals surface area contributed by atoms with E-state index < -0.39 is 11.8 Å². The highest BCUT2D eigenvalue weighted by Crippen LogP contribution is 2.43. The average Bonchev–Trinajstić information content (AvgIpc) is 3.03. The zero-order valence-electron chi connectivity index (χ0n) is 18.2. The van der Waals surface area contributed by atoms with Gasteiger partial charge in [0.15, 0.2) is 0 Å². The van der Waals surface area contributed by atoms with Gasteiger partial charge in [-0.1, -0.05) is 27.7 Å². The summed E-state index contributed by atoms with van der Waals surface area (Å²) in [5.74, 6) is -1.04. The maximum Gasteiger partial charge on any atom is 0.252 e. The van der Waals surface area contributed by atoms with Crippen LogP contribution in [0.5, 0.6) is 0 Å². The van der Waals surface area contributed by atoms with Crippen molar-refractivity contribution in [2.24, 2.45) is 11.5 Å². The first-order valence-electron chi connectivity index (χ1n) is 10.4. The minimum Gasteiger partial charge on any atom is -0.454 e. The van der Waals surface area contributed by atoms with Crippen LogP contribution < -0.4 is 11.5 Å². The van der Waals surface area contributed by atoms with Crippen LogP contribution in [0.25, 0.3) is 21.9 Å². The van der Waals surface area contributed by atoms with Crippen LogP contribution >= 0.6 is 0 Å². The van der Waals surface area contributed by atoms with Crippen LogP contribution in [0.2, 0.25) is 0 Å². The van der Waals surface area contributed by atoms with Gasteiger partial charge < -0.3 is 15.9 Å². The van der Waals surface area contributed by atoms with E-state index in [1.54, 1.807) is 0 Å². The Morgan fingerprint density at radius 1 is 0.655 bits per heavy atom. The Labute approximate surface area is 171 Å². The summed E-state index contributed by atoms with van der Waals surface area (Å²) in [7, 11) is 0. The molecule has 2 aromatic carbocycles. The minimum absolute atomic E-state index is 0.401. The molecule has 0 unspecified atom stereocenters. The fourth-order valence-corrected chi connectivity index (χ4v) is 5.09. The summed E-state index contributed by atoms with van der Waals surface area (Å²) in [6, 6.07) is 0. The van der Waals surface area contributed by atoms with Crippen molar-refractivity contribution in [3.8, 4) is 0 Å². The van der Waals surface area contributed by atoms with E-state index >= 15 is 0 Å². The fourth-order valence-electron chi connectivity index (χ4n) is 5.09. The van der Waals surface area contributed by atoms with Crippen molar-refractivity contribution in [2.75, 3.05) is 0 Å². The van der Waals surface area contributed by atoms with Crippen LogP contribution in [0.15, 0.2) is 4.42 Å². The quantitative estimate of drug-likeness (QED) is 0.636. The summed E-state index contributed by atoms with van der Waals surface area (Å²) >= 11 is 0. The standard InChI is InChI=1S/C24H30N2O3/c1-7-13-11(5)17(23(25)27)21-19(15(13)9-3)20-16(10-4)14(8-2)12(6)18(24(26)28)22(20)29-21/h7-10H2,1-6H3,(H2,25,27)(H2,26,28). The Morgan fingerprint density at radius 3 is 1.21 bits per heavy atom. The number of rotatable bonds is 6. The third kappa shape index (κ3) is 2.83. The summed E-state index contributed by atoms with van der Waals surface area (Å²) in [5.41, 5.74) is 19.6. The van der Waals surface area contributed by atoms with E-state index in [9.17, 15) is 9.59 Å². The first kappa shape index (κ1) is 20.9. The van der Waals surface area contributed by atoms with E-state index in [1.807, 2.05) is 13.8 Å². The Bertz CT molecular complexity index is 1080. The van der Waals surface area contributed by atoms with Gasteiger partial charge in [-0.15, -0.1) is 0 Å². The lowest BCUT2D eigenvalue weighted by Crippen LogP contribution is -2.15. The smallest absolute Gasteiger partial charge is 0.252 e. The molecule has 0 saturated carbocycles. The first-order valence-corrected chi connectivity index (χ1v) is 10.4. The number of benzene rings is 2. The van der Waals surface area contributed by atoms with Crippen molar-refractivity contribution in [3.63, 3.8) is 0 Å². The van der Waals surface area contributed by atoms with Crippen molar-refractivity contribution < 1.29 is 14.0 Å². The summed E-state index contributed by atoms with van der Waals surface area (Å²) in [4.78, 5) is 24.8. The normalized spacial score (nSPS) is 11.5. The molecule has 5 nitrogen and oxygen atoms in total. The van der Waals surface area contributed by atoms with E-state index in [0.717, 1.165) is 69.8 Å². The molecule has 1 aromatic heterocycles. The van der Waals surface area contributed by atoms with Crippen molar-refractivity contribution in [3.05, 3.63) is 44.5 Å². The summed E-state index contributed by atoms with van der Waals surface area (Å²) in [6.45, 7) is 12.2. The predicted molar refractivity (Wildman–Crippen MR) is 118 cm³/mol. The van der Waals surface area contributed by atoms with Gasteiger partial charge in [-0.25, -0.2) is 0 Å². The number of nitrogens with two attached hydrogens (primary N) is 2. The number of amides is 2. The number of aryl methyl sites for hydroxylation is 2. The Kier molecular flexibility index (Phi) is 5.44. The molecule has 29 heavy (non-hydrogen) atoms. The predicted octanol–water partition coefficient (Wildman–Crippen LogP) is 4.65. The molecule has 0 saturated heterocycles. The lowest BCUT2D eigenvalue weighted by atomic mass is 9.85. The van der Waals surface area contributed by atoms with Gasteiger partial charge in [0.25, 0.3) is 11.8 Å². The molecular formula is C24H30N2O3. The molecule has 3 aromatic rings. The molecule has 0 spiro atoms. The number of hydrogen-bond donors (Lipinski definition) is 2. The highest BCUT2D eigenvalue weighted by atomic mass is 16.3. The highest BCUT2D eigenvalue weighted by molar-refractivity contribution is 6.20. The van der Waals surface area contributed by atoms with Crippen molar-refractivity contribution in [1.82, 2.24) is 0 Å². The molecule has 0 aliphatic rings. The van der Waals surface area contributed by atoms with Crippen molar-refractivity contribution >= 4 is 33.8 Å². The van der Waals surface area contributed by atoms with Gasteiger partial charge in [0.05, 0.1) is 11.1 Å². The molecule has 2 amide bonds. The highest BCUT2D eigenvalue weighted by Gasteiger charge is 2.29.